The van der Waals surface area contributed by atoms with Gasteiger partial charge in [0, 0.05) is 27.8 Å². The van der Waals surface area contributed by atoms with Crippen LogP contribution in [0.15, 0.2) is 77.3 Å². The second kappa shape index (κ2) is 5.25. The number of benzene rings is 2. The summed E-state index contributed by atoms with van der Waals surface area (Å²) in [6, 6.07) is 14.3. The topological polar surface area (TPSA) is 13.1 Å². The Labute approximate surface area is 145 Å². The Morgan fingerprint density at radius 2 is 1.71 bits per heavy atom. The number of rotatable bonds is 1. The van der Waals surface area contributed by atoms with Crippen molar-refractivity contribution < 1.29 is 4.42 Å². The van der Waals surface area contributed by atoms with Gasteiger partial charge in [-0.05, 0) is 29.3 Å². The average molecular weight is 331 g/mol. The van der Waals surface area contributed by atoms with E-state index in [-0.39, 0.29) is 0 Å². The van der Waals surface area contributed by atoms with Crippen LogP contribution in [-0.2, 0) is 0 Å². The molecule has 2 aromatic carbocycles. The highest BCUT2D eigenvalue weighted by atomic mass is 35.5. The van der Waals surface area contributed by atoms with Crippen LogP contribution in [0.1, 0.15) is 17.2 Å². The first-order valence-corrected chi connectivity index (χ1v) is 8.53. The summed E-state index contributed by atoms with van der Waals surface area (Å²) < 4.78 is 6.28. The van der Waals surface area contributed by atoms with Crippen LogP contribution in [-0.4, -0.2) is 0 Å². The molecule has 116 valence electrons. The lowest BCUT2D eigenvalue weighted by atomic mass is 9.80. The third kappa shape index (κ3) is 2.02. The molecule has 2 aliphatic rings. The van der Waals surface area contributed by atoms with Gasteiger partial charge in [-0.3, -0.25) is 0 Å². The minimum atomic E-state index is 0.292. The van der Waals surface area contributed by atoms with Crippen LogP contribution in [0.3, 0.4) is 0 Å². The van der Waals surface area contributed by atoms with Gasteiger partial charge in [0.05, 0.1) is 0 Å². The monoisotopic (exact) mass is 330 g/mol. The summed E-state index contributed by atoms with van der Waals surface area (Å²) in [5.41, 5.74) is 4.49. The number of halogens is 1. The zero-order valence-corrected chi connectivity index (χ0v) is 13.7. The highest BCUT2D eigenvalue weighted by Crippen LogP contribution is 2.45. The van der Waals surface area contributed by atoms with E-state index in [1.165, 1.54) is 16.5 Å². The van der Waals surface area contributed by atoms with E-state index < -0.39 is 0 Å². The predicted octanol–water partition coefficient (Wildman–Crippen LogP) is 6.61. The zero-order chi connectivity index (χ0) is 16.1. The zero-order valence-electron chi connectivity index (χ0n) is 12.9. The number of fused-ring (bicyclic) bond motifs is 5. The van der Waals surface area contributed by atoms with E-state index in [1.54, 1.807) is 0 Å². The van der Waals surface area contributed by atoms with Crippen LogP contribution in [0.5, 0.6) is 0 Å². The van der Waals surface area contributed by atoms with Crippen molar-refractivity contribution in [2.75, 3.05) is 0 Å². The molecule has 1 aromatic heterocycles. The quantitative estimate of drug-likeness (QED) is 0.489. The minimum absolute atomic E-state index is 0.292. The molecule has 0 aliphatic heterocycles. The first-order chi connectivity index (χ1) is 11.8. The van der Waals surface area contributed by atoms with Crippen molar-refractivity contribution in [2.45, 2.75) is 5.92 Å². The van der Waals surface area contributed by atoms with Gasteiger partial charge < -0.3 is 4.42 Å². The molecule has 3 aromatic rings. The molecule has 2 unspecified atom stereocenters. The predicted molar refractivity (Wildman–Crippen MR) is 100 cm³/mol. The Morgan fingerprint density at radius 3 is 2.58 bits per heavy atom. The lowest BCUT2D eigenvalue weighted by Crippen LogP contribution is -2.11. The van der Waals surface area contributed by atoms with Gasteiger partial charge in [0.15, 0.2) is 0 Å². The molecule has 2 aliphatic carbocycles. The Balaban J connectivity index is 1.77. The summed E-state index contributed by atoms with van der Waals surface area (Å²) in [6.45, 7) is 0. The van der Waals surface area contributed by atoms with Gasteiger partial charge in [0.1, 0.15) is 11.3 Å². The Morgan fingerprint density at radius 1 is 0.875 bits per heavy atom. The van der Waals surface area contributed by atoms with Gasteiger partial charge >= 0.3 is 0 Å². The molecule has 2 heteroatoms. The van der Waals surface area contributed by atoms with Crippen LogP contribution in [0.25, 0.3) is 28.2 Å². The van der Waals surface area contributed by atoms with Crippen molar-refractivity contribution in [3.63, 3.8) is 0 Å². The number of allylic oxidation sites excluding steroid dienone is 5. The SMILES string of the molecule is Clc1ccc(-c2cccc3oc4c(c23)C=CC2C=CC=CC42)cc1. The molecule has 24 heavy (non-hydrogen) atoms. The lowest BCUT2D eigenvalue weighted by Gasteiger charge is -2.23. The van der Waals surface area contributed by atoms with Gasteiger partial charge in [0.25, 0.3) is 0 Å². The van der Waals surface area contributed by atoms with Crippen molar-refractivity contribution in [1.29, 1.82) is 0 Å². The maximum atomic E-state index is 6.28. The van der Waals surface area contributed by atoms with Crippen LogP contribution >= 0.6 is 11.6 Å². The van der Waals surface area contributed by atoms with E-state index in [9.17, 15) is 0 Å². The van der Waals surface area contributed by atoms with Crippen molar-refractivity contribution >= 4 is 28.6 Å². The Hall–Kier alpha value is -2.51. The fraction of sp³-hybridized carbons (Fsp3) is 0.0909. The second-order valence-electron chi connectivity index (χ2n) is 6.30. The van der Waals surface area contributed by atoms with Crippen molar-refractivity contribution in [1.82, 2.24) is 0 Å². The summed E-state index contributed by atoms with van der Waals surface area (Å²) in [5.74, 6) is 1.75. The number of hydrogen-bond acceptors (Lipinski definition) is 1. The smallest absolute Gasteiger partial charge is 0.135 e. The summed E-state index contributed by atoms with van der Waals surface area (Å²) in [7, 11) is 0. The van der Waals surface area contributed by atoms with Crippen molar-refractivity contribution in [2.24, 2.45) is 5.92 Å². The van der Waals surface area contributed by atoms with E-state index in [0.717, 1.165) is 21.9 Å². The van der Waals surface area contributed by atoms with E-state index in [2.05, 4.69) is 66.8 Å². The summed E-state index contributed by atoms with van der Waals surface area (Å²) in [4.78, 5) is 0. The highest BCUT2D eigenvalue weighted by molar-refractivity contribution is 6.30. The largest absolute Gasteiger partial charge is 0.460 e. The lowest BCUT2D eigenvalue weighted by molar-refractivity contribution is 0.492. The standard InChI is InChI=1S/C22H15ClO/c23-16-11-8-15(9-12-16)17-6-3-7-20-21(17)19-13-10-14-4-1-2-5-18(14)22(19)24-20/h1-14,18H. The van der Waals surface area contributed by atoms with Gasteiger partial charge in [-0.25, -0.2) is 0 Å². The molecule has 0 N–H and O–H groups in total. The molecule has 0 saturated heterocycles. The third-order valence-electron chi connectivity index (χ3n) is 4.90. The number of furan rings is 1. The second-order valence-corrected chi connectivity index (χ2v) is 6.73. The molecule has 0 amide bonds. The maximum absolute atomic E-state index is 6.28. The minimum Gasteiger partial charge on any atom is -0.460 e. The molecule has 0 spiro atoms. The Kier molecular flexibility index (Phi) is 3.04. The van der Waals surface area contributed by atoms with Crippen LogP contribution in [0.4, 0.5) is 0 Å². The van der Waals surface area contributed by atoms with Gasteiger partial charge in [0.2, 0.25) is 0 Å². The van der Waals surface area contributed by atoms with E-state index >= 15 is 0 Å². The van der Waals surface area contributed by atoms with Gasteiger partial charge in [-0.1, -0.05) is 72.3 Å². The molecule has 0 radical (unpaired) electrons. The van der Waals surface area contributed by atoms with Crippen LogP contribution in [0.2, 0.25) is 5.02 Å². The Bertz CT molecular complexity index is 1020. The molecule has 0 saturated carbocycles. The summed E-state index contributed by atoms with van der Waals surface area (Å²) in [6.07, 6.45) is 13.2. The normalized spacial score (nSPS) is 21.0. The fourth-order valence-electron chi connectivity index (χ4n) is 3.75. The van der Waals surface area contributed by atoms with E-state index in [4.69, 9.17) is 16.0 Å². The van der Waals surface area contributed by atoms with Gasteiger partial charge in [-0.2, -0.15) is 0 Å². The number of hydrogen-bond donors (Lipinski definition) is 0. The molecule has 5 rings (SSSR count). The summed E-state index contributed by atoms with van der Waals surface area (Å²) in [5, 5.41) is 1.94. The average Bonchev–Trinajstić information content (AvgIpc) is 3.02. The van der Waals surface area contributed by atoms with E-state index in [0.29, 0.717) is 11.8 Å². The molecule has 1 nitrogen and oxygen atoms in total. The summed E-state index contributed by atoms with van der Waals surface area (Å²) >= 11 is 6.04. The molecule has 0 fully saturated rings. The molecule has 1 heterocycles. The fourth-order valence-corrected chi connectivity index (χ4v) is 3.88. The third-order valence-corrected chi connectivity index (χ3v) is 5.15. The first kappa shape index (κ1) is 13.9. The molecular weight excluding hydrogens is 316 g/mol. The maximum Gasteiger partial charge on any atom is 0.135 e. The van der Waals surface area contributed by atoms with Crippen molar-refractivity contribution in [3.8, 4) is 11.1 Å². The molecule has 0 bridgehead atoms. The van der Waals surface area contributed by atoms with Crippen LogP contribution in [0, 0.1) is 5.92 Å². The van der Waals surface area contributed by atoms with Gasteiger partial charge in [-0.15, -0.1) is 0 Å². The van der Waals surface area contributed by atoms with Crippen LogP contribution < -0.4 is 0 Å². The molecule has 2 atom stereocenters. The van der Waals surface area contributed by atoms with E-state index in [1.807, 2.05) is 12.1 Å². The first-order valence-electron chi connectivity index (χ1n) is 8.16. The molecular formula is C22H15ClO. The highest BCUT2D eigenvalue weighted by Gasteiger charge is 2.29. The van der Waals surface area contributed by atoms with Crippen molar-refractivity contribution in [3.05, 3.63) is 89.2 Å².